The van der Waals surface area contributed by atoms with Gasteiger partial charge in [-0.15, -0.1) is 0 Å². The van der Waals surface area contributed by atoms with Crippen molar-refractivity contribution in [2.75, 3.05) is 0 Å². The second-order valence-electron chi connectivity index (χ2n) is 4.17. The van der Waals surface area contributed by atoms with E-state index in [9.17, 15) is 5.26 Å². The Labute approximate surface area is 110 Å². The van der Waals surface area contributed by atoms with Crippen LogP contribution >= 0.6 is 0 Å². The van der Waals surface area contributed by atoms with Crippen LogP contribution in [0.15, 0.2) is 47.1 Å². The SMILES string of the molecule is Cn1c(C(C#N)=Cc2ccco2)nc2ccccc21. The Morgan fingerprint density at radius 1 is 1.32 bits per heavy atom. The van der Waals surface area contributed by atoms with Crippen LogP contribution in [0.1, 0.15) is 11.6 Å². The molecule has 0 saturated carbocycles. The van der Waals surface area contributed by atoms with Crippen molar-refractivity contribution in [3.05, 3.63) is 54.2 Å². The molecule has 0 unspecified atom stereocenters. The fraction of sp³-hybridized carbons (Fsp3) is 0.0667. The van der Waals surface area contributed by atoms with Gasteiger partial charge >= 0.3 is 0 Å². The van der Waals surface area contributed by atoms with Crippen LogP contribution in [0.2, 0.25) is 0 Å². The molecule has 0 N–H and O–H groups in total. The van der Waals surface area contributed by atoms with Crippen molar-refractivity contribution in [1.29, 1.82) is 5.26 Å². The minimum atomic E-state index is 0.480. The summed E-state index contributed by atoms with van der Waals surface area (Å²) in [6, 6.07) is 13.6. The van der Waals surface area contributed by atoms with Crippen LogP contribution in [0.3, 0.4) is 0 Å². The van der Waals surface area contributed by atoms with Crippen molar-refractivity contribution >= 4 is 22.7 Å². The van der Waals surface area contributed by atoms with Crippen LogP contribution in [-0.2, 0) is 7.05 Å². The molecule has 0 amide bonds. The van der Waals surface area contributed by atoms with E-state index in [4.69, 9.17) is 4.42 Å². The molecule has 0 aliphatic rings. The van der Waals surface area contributed by atoms with Crippen LogP contribution in [0.25, 0.3) is 22.7 Å². The van der Waals surface area contributed by atoms with E-state index in [-0.39, 0.29) is 0 Å². The molecule has 0 saturated heterocycles. The number of nitrogens with zero attached hydrogens (tertiary/aromatic N) is 3. The minimum Gasteiger partial charge on any atom is -0.465 e. The lowest BCUT2D eigenvalue weighted by atomic mass is 10.2. The number of rotatable bonds is 2. The zero-order valence-corrected chi connectivity index (χ0v) is 10.4. The van der Waals surface area contributed by atoms with Crippen LogP contribution in [-0.4, -0.2) is 9.55 Å². The number of aromatic nitrogens is 2. The molecule has 0 aliphatic carbocycles. The molecule has 3 aromatic rings. The molecule has 0 spiro atoms. The molecular weight excluding hydrogens is 238 g/mol. The maximum absolute atomic E-state index is 9.31. The highest BCUT2D eigenvalue weighted by Gasteiger charge is 2.12. The summed E-state index contributed by atoms with van der Waals surface area (Å²) in [6.45, 7) is 0. The fourth-order valence-corrected chi connectivity index (χ4v) is 2.05. The van der Waals surface area contributed by atoms with E-state index < -0.39 is 0 Å². The molecule has 4 nitrogen and oxygen atoms in total. The summed E-state index contributed by atoms with van der Waals surface area (Å²) < 4.78 is 7.15. The van der Waals surface area contributed by atoms with E-state index in [1.165, 1.54) is 0 Å². The molecule has 0 atom stereocenters. The molecular formula is C15H11N3O. The zero-order chi connectivity index (χ0) is 13.2. The minimum absolute atomic E-state index is 0.480. The second kappa shape index (κ2) is 4.46. The number of para-hydroxylation sites is 2. The number of furan rings is 1. The number of benzene rings is 1. The topological polar surface area (TPSA) is 54.8 Å². The van der Waals surface area contributed by atoms with E-state index in [1.807, 2.05) is 35.9 Å². The van der Waals surface area contributed by atoms with E-state index in [2.05, 4.69) is 11.1 Å². The Morgan fingerprint density at radius 3 is 2.84 bits per heavy atom. The first kappa shape index (κ1) is 11.3. The molecule has 0 fully saturated rings. The van der Waals surface area contributed by atoms with E-state index in [0.29, 0.717) is 17.2 Å². The number of allylic oxidation sites excluding steroid dienone is 1. The van der Waals surface area contributed by atoms with E-state index in [0.717, 1.165) is 11.0 Å². The Hall–Kier alpha value is -2.80. The van der Waals surface area contributed by atoms with Crippen molar-refractivity contribution in [2.45, 2.75) is 0 Å². The van der Waals surface area contributed by atoms with Crippen LogP contribution in [0.4, 0.5) is 0 Å². The predicted octanol–water partition coefficient (Wildman–Crippen LogP) is 3.23. The third kappa shape index (κ3) is 1.91. The van der Waals surface area contributed by atoms with Gasteiger partial charge in [-0.1, -0.05) is 12.1 Å². The zero-order valence-electron chi connectivity index (χ0n) is 10.4. The molecule has 1 aromatic carbocycles. The summed E-state index contributed by atoms with van der Waals surface area (Å²) in [5.74, 6) is 1.28. The number of imidazole rings is 1. The summed E-state index contributed by atoms with van der Waals surface area (Å²) in [7, 11) is 1.90. The molecule has 0 aliphatic heterocycles. The second-order valence-corrected chi connectivity index (χ2v) is 4.17. The number of aryl methyl sites for hydroxylation is 1. The van der Waals surface area contributed by atoms with Gasteiger partial charge in [-0.2, -0.15) is 5.26 Å². The molecule has 92 valence electrons. The third-order valence-electron chi connectivity index (χ3n) is 2.98. The van der Waals surface area contributed by atoms with Crippen molar-refractivity contribution in [3.63, 3.8) is 0 Å². The van der Waals surface area contributed by atoms with Gasteiger partial charge in [0, 0.05) is 13.1 Å². The Kier molecular flexibility index (Phi) is 2.66. The number of hydrogen-bond acceptors (Lipinski definition) is 3. The van der Waals surface area contributed by atoms with Crippen molar-refractivity contribution in [1.82, 2.24) is 9.55 Å². The Bertz CT molecular complexity index is 789. The monoisotopic (exact) mass is 249 g/mol. The molecule has 0 bridgehead atoms. The lowest BCUT2D eigenvalue weighted by Gasteiger charge is -1.99. The average Bonchev–Trinajstić information content (AvgIpc) is 3.05. The highest BCUT2D eigenvalue weighted by molar-refractivity contribution is 5.90. The summed E-state index contributed by atoms with van der Waals surface area (Å²) in [6.07, 6.45) is 3.27. The van der Waals surface area contributed by atoms with Gasteiger partial charge in [0.25, 0.3) is 0 Å². The quantitative estimate of drug-likeness (QED) is 0.655. The van der Waals surface area contributed by atoms with Gasteiger partial charge < -0.3 is 8.98 Å². The van der Waals surface area contributed by atoms with Crippen molar-refractivity contribution < 1.29 is 4.42 Å². The molecule has 2 heterocycles. The lowest BCUT2D eigenvalue weighted by molar-refractivity contribution is 0.557. The van der Waals surface area contributed by atoms with Gasteiger partial charge in [-0.25, -0.2) is 4.98 Å². The highest BCUT2D eigenvalue weighted by Crippen LogP contribution is 2.21. The van der Waals surface area contributed by atoms with Crippen LogP contribution < -0.4 is 0 Å². The number of nitriles is 1. The maximum atomic E-state index is 9.31. The van der Waals surface area contributed by atoms with Crippen LogP contribution in [0, 0.1) is 11.3 Å². The predicted molar refractivity (Wildman–Crippen MR) is 72.9 cm³/mol. The Balaban J connectivity index is 2.18. The summed E-state index contributed by atoms with van der Waals surface area (Å²) in [5, 5.41) is 9.31. The molecule has 3 rings (SSSR count). The normalized spacial score (nSPS) is 11.7. The van der Waals surface area contributed by atoms with E-state index in [1.54, 1.807) is 24.5 Å². The Morgan fingerprint density at radius 2 is 2.16 bits per heavy atom. The molecule has 0 radical (unpaired) electrons. The summed E-state index contributed by atoms with van der Waals surface area (Å²) in [5.41, 5.74) is 2.35. The first-order valence-electron chi connectivity index (χ1n) is 5.87. The van der Waals surface area contributed by atoms with E-state index >= 15 is 0 Å². The molecule has 2 aromatic heterocycles. The standard InChI is InChI=1S/C15H11N3O/c1-18-14-7-3-2-6-13(14)17-15(18)11(10-16)9-12-5-4-8-19-12/h2-9H,1H3. The van der Waals surface area contributed by atoms with Gasteiger partial charge in [-0.3, -0.25) is 0 Å². The van der Waals surface area contributed by atoms with Gasteiger partial charge in [0.15, 0.2) is 5.82 Å². The molecule has 4 heteroatoms. The average molecular weight is 249 g/mol. The van der Waals surface area contributed by atoms with Gasteiger partial charge in [0.1, 0.15) is 11.8 Å². The summed E-state index contributed by atoms with van der Waals surface area (Å²) >= 11 is 0. The fourth-order valence-electron chi connectivity index (χ4n) is 2.05. The van der Waals surface area contributed by atoms with Gasteiger partial charge in [0.05, 0.1) is 22.9 Å². The smallest absolute Gasteiger partial charge is 0.151 e. The maximum Gasteiger partial charge on any atom is 0.151 e. The highest BCUT2D eigenvalue weighted by atomic mass is 16.3. The van der Waals surface area contributed by atoms with Crippen LogP contribution in [0.5, 0.6) is 0 Å². The van der Waals surface area contributed by atoms with Gasteiger partial charge in [-0.05, 0) is 24.3 Å². The number of fused-ring (bicyclic) bond motifs is 1. The van der Waals surface area contributed by atoms with Crippen molar-refractivity contribution in [3.8, 4) is 6.07 Å². The largest absolute Gasteiger partial charge is 0.465 e. The number of hydrogen-bond donors (Lipinski definition) is 0. The molecule has 19 heavy (non-hydrogen) atoms. The van der Waals surface area contributed by atoms with Crippen molar-refractivity contribution in [2.24, 2.45) is 7.05 Å². The first-order valence-corrected chi connectivity index (χ1v) is 5.87. The summed E-state index contributed by atoms with van der Waals surface area (Å²) in [4.78, 5) is 4.49. The van der Waals surface area contributed by atoms with Gasteiger partial charge in [0.2, 0.25) is 0 Å². The lowest BCUT2D eigenvalue weighted by Crippen LogP contribution is -1.95. The first-order chi connectivity index (χ1) is 9.29. The third-order valence-corrected chi connectivity index (χ3v) is 2.98.